The van der Waals surface area contributed by atoms with Crippen molar-refractivity contribution >= 4 is 16.9 Å². The van der Waals surface area contributed by atoms with E-state index < -0.39 is 0 Å². The van der Waals surface area contributed by atoms with E-state index in [9.17, 15) is 4.79 Å². The summed E-state index contributed by atoms with van der Waals surface area (Å²) in [6.07, 6.45) is 0.417. The van der Waals surface area contributed by atoms with E-state index in [0.29, 0.717) is 13.0 Å². The highest BCUT2D eigenvalue weighted by atomic mass is 16.5. The molecule has 1 heterocycles. The van der Waals surface area contributed by atoms with Gasteiger partial charge in [-0.05, 0) is 24.4 Å². The zero-order chi connectivity index (χ0) is 12.3. The molecule has 1 aromatic heterocycles. The molecular formula is C14H17NO2. The zero-order valence-electron chi connectivity index (χ0n) is 10.2. The number of benzene rings is 1. The summed E-state index contributed by atoms with van der Waals surface area (Å²) in [5, 5.41) is 1.18. The van der Waals surface area contributed by atoms with Crippen molar-refractivity contribution in [2.45, 2.75) is 26.2 Å². The lowest BCUT2D eigenvalue weighted by Gasteiger charge is -2.08. The summed E-state index contributed by atoms with van der Waals surface area (Å²) in [6.45, 7) is 4.30. The number of esters is 1. The number of ether oxygens (including phenoxy) is 1. The van der Waals surface area contributed by atoms with Crippen LogP contribution in [0.25, 0.3) is 10.9 Å². The normalized spacial score (nSPS) is 12.6. The van der Waals surface area contributed by atoms with Crippen LogP contribution in [0.2, 0.25) is 0 Å². The van der Waals surface area contributed by atoms with Crippen molar-refractivity contribution in [2.75, 3.05) is 6.61 Å². The molecule has 1 atom stereocenters. The van der Waals surface area contributed by atoms with Crippen LogP contribution in [-0.2, 0) is 9.53 Å². The minimum Gasteiger partial charge on any atom is -0.466 e. The van der Waals surface area contributed by atoms with Crippen molar-refractivity contribution in [2.24, 2.45) is 0 Å². The van der Waals surface area contributed by atoms with Crippen molar-refractivity contribution in [1.29, 1.82) is 0 Å². The third-order valence-corrected chi connectivity index (χ3v) is 2.86. The summed E-state index contributed by atoms with van der Waals surface area (Å²) in [5.74, 6) is 0.0140. The maximum absolute atomic E-state index is 11.4. The lowest BCUT2D eigenvalue weighted by atomic mass is 10.0. The molecule has 0 aliphatic rings. The Morgan fingerprint density at radius 1 is 1.41 bits per heavy atom. The minimum atomic E-state index is -0.140. The van der Waals surface area contributed by atoms with Crippen molar-refractivity contribution in [3.05, 3.63) is 36.0 Å². The molecule has 0 aliphatic carbocycles. The molecule has 17 heavy (non-hydrogen) atoms. The maximum Gasteiger partial charge on any atom is 0.306 e. The molecule has 3 heteroatoms. The Morgan fingerprint density at radius 3 is 2.88 bits per heavy atom. The van der Waals surface area contributed by atoms with Gasteiger partial charge in [-0.2, -0.15) is 0 Å². The van der Waals surface area contributed by atoms with Gasteiger partial charge in [0.1, 0.15) is 0 Å². The van der Waals surface area contributed by atoms with Crippen LogP contribution in [0.15, 0.2) is 30.3 Å². The van der Waals surface area contributed by atoms with Crippen molar-refractivity contribution in [3.8, 4) is 0 Å². The minimum absolute atomic E-state index is 0.140. The first-order chi connectivity index (χ1) is 8.20. The first-order valence-electron chi connectivity index (χ1n) is 5.94. The first kappa shape index (κ1) is 11.7. The first-order valence-corrected chi connectivity index (χ1v) is 5.94. The van der Waals surface area contributed by atoms with Crippen molar-refractivity contribution < 1.29 is 9.53 Å². The Balaban J connectivity index is 2.13. The third-order valence-electron chi connectivity index (χ3n) is 2.86. The maximum atomic E-state index is 11.4. The van der Waals surface area contributed by atoms with E-state index in [-0.39, 0.29) is 11.9 Å². The summed E-state index contributed by atoms with van der Waals surface area (Å²) in [7, 11) is 0. The average molecular weight is 231 g/mol. The quantitative estimate of drug-likeness (QED) is 0.821. The monoisotopic (exact) mass is 231 g/mol. The zero-order valence-corrected chi connectivity index (χ0v) is 10.2. The van der Waals surface area contributed by atoms with Crippen LogP contribution in [0, 0.1) is 0 Å². The number of fused-ring (bicyclic) bond motifs is 1. The summed E-state index contributed by atoms with van der Waals surface area (Å²) >= 11 is 0. The number of para-hydroxylation sites is 1. The molecule has 0 fully saturated rings. The van der Waals surface area contributed by atoms with Crippen LogP contribution in [0.4, 0.5) is 0 Å². The number of aromatic amines is 1. The predicted molar refractivity (Wildman–Crippen MR) is 68.0 cm³/mol. The van der Waals surface area contributed by atoms with Crippen LogP contribution in [0.5, 0.6) is 0 Å². The molecule has 1 unspecified atom stereocenters. The number of carbonyl (C=O) groups is 1. The van der Waals surface area contributed by atoms with Gasteiger partial charge in [0.25, 0.3) is 0 Å². The molecule has 2 rings (SSSR count). The van der Waals surface area contributed by atoms with Crippen LogP contribution in [-0.4, -0.2) is 17.6 Å². The number of H-pyrrole nitrogens is 1. The topological polar surface area (TPSA) is 42.1 Å². The Kier molecular flexibility index (Phi) is 3.47. The van der Waals surface area contributed by atoms with E-state index in [4.69, 9.17) is 4.74 Å². The van der Waals surface area contributed by atoms with Gasteiger partial charge in [-0.25, -0.2) is 0 Å². The molecule has 2 aromatic rings. The summed E-state index contributed by atoms with van der Waals surface area (Å²) < 4.78 is 4.96. The summed E-state index contributed by atoms with van der Waals surface area (Å²) in [4.78, 5) is 14.7. The van der Waals surface area contributed by atoms with Crippen LogP contribution >= 0.6 is 0 Å². The molecule has 1 aromatic carbocycles. The lowest BCUT2D eigenvalue weighted by Crippen LogP contribution is -2.08. The highest BCUT2D eigenvalue weighted by Gasteiger charge is 2.13. The largest absolute Gasteiger partial charge is 0.466 e. The second kappa shape index (κ2) is 5.04. The average Bonchev–Trinajstić information content (AvgIpc) is 2.72. The molecule has 0 radical (unpaired) electrons. The second-order valence-electron chi connectivity index (χ2n) is 4.22. The van der Waals surface area contributed by atoms with E-state index in [1.54, 1.807) is 0 Å². The number of aromatic nitrogens is 1. The number of rotatable bonds is 4. The van der Waals surface area contributed by atoms with Gasteiger partial charge in [-0.1, -0.05) is 25.1 Å². The fourth-order valence-corrected chi connectivity index (χ4v) is 1.94. The van der Waals surface area contributed by atoms with Gasteiger partial charge in [0, 0.05) is 17.1 Å². The second-order valence-corrected chi connectivity index (χ2v) is 4.22. The molecular weight excluding hydrogens is 214 g/mol. The molecule has 0 aliphatic heterocycles. The SMILES string of the molecule is CCOC(=O)CC(C)c1cc2ccccc2[nH]1. The van der Waals surface area contributed by atoms with E-state index in [1.165, 1.54) is 5.39 Å². The van der Waals surface area contributed by atoms with Gasteiger partial charge < -0.3 is 9.72 Å². The molecule has 0 saturated heterocycles. The highest BCUT2D eigenvalue weighted by molar-refractivity contribution is 5.80. The molecule has 3 nitrogen and oxygen atoms in total. The van der Waals surface area contributed by atoms with Crippen molar-refractivity contribution in [3.63, 3.8) is 0 Å². The van der Waals surface area contributed by atoms with Gasteiger partial charge in [-0.3, -0.25) is 4.79 Å². The number of nitrogens with one attached hydrogen (secondary N) is 1. The van der Waals surface area contributed by atoms with Gasteiger partial charge in [0.15, 0.2) is 0 Å². The summed E-state index contributed by atoms with van der Waals surface area (Å²) in [6, 6.07) is 10.2. The van der Waals surface area contributed by atoms with E-state index in [2.05, 4.69) is 17.1 Å². The van der Waals surface area contributed by atoms with E-state index in [0.717, 1.165) is 11.2 Å². The molecule has 0 bridgehead atoms. The van der Waals surface area contributed by atoms with Crippen LogP contribution < -0.4 is 0 Å². The molecule has 1 N–H and O–H groups in total. The smallest absolute Gasteiger partial charge is 0.306 e. The predicted octanol–water partition coefficient (Wildman–Crippen LogP) is 3.22. The molecule has 90 valence electrons. The fourth-order valence-electron chi connectivity index (χ4n) is 1.94. The Morgan fingerprint density at radius 2 is 2.18 bits per heavy atom. The molecule has 0 spiro atoms. The molecule has 0 saturated carbocycles. The highest BCUT2D eigenvalue weighted by Crippen LogP contribution is 2.23. The molecule has 0 amide bonds. The van der Waals surface area contributed by atoms with Gasteiger partial charge in [-0.15, -0.1) is 0 Å². The Bertz CT molecular complexity index is 483. The summed E-state index contributed by atoms with van der Waals surface area (Å²) in [5.41, 5.74) is 2.19. The number of hydrogen-bond donors (Lipinski definition) is 1. The van der Waals surface area contributed by atoms with E-state index >= 15 is 0 Å². The van der Waals surface area contributed by atoms with Crippen LogP contribution in [0.1, 0.15) is 31.9 Å². The van der Waals surface area contributed by atoms with Gasteiger partial charge in [0.05, 0.1) is 13.0 Å². The Labute approximate surface area is 101 Å². The lowest BCUT2D eigenvalue weighted by molar-refractivity contribution is -0.143. The standard InChI is InChI=1S/C14H17NO2/c1-3-17-14(16)8-10(2)13-9-11-6-4-5-7-12(11)15-13/h4-7,9-10,15H,3,8H2,1-2H3. The van der Waals surface area contributed by atoms with Crippen LogP contribution in [0.3, 0.4) is 0 Å². The fraction of sp³-hybridized carbons (Fsp3) is 0.357. The number of carbonyl (C=O) groups excluding carboxylic acids is 1. The Hall–Kier alpha value is -1.77. The van der Waals surface area contributed by atoms with E-state index in [1.807, 2.05) is 32.0 Å². The number of hydrogen-bond acceptors (Lipinski definition) is 2. The van der Waals surface area contributed by atoms with Gasteiger partial charge in [0.2, 0.25) is 0 Å². The van der Waals surface area contributed by atoms with Gasteiger partial charge >= 0.3 is 5.97 Å². The van der Waals surface area contributed by atoms with Crippen molar-refractivity contribution in [1.82, 2.24) is 4.98 Å². The third kappa shape index (κ3) is 2.67.